The third-order valence-electron chi connectivity index (χ3n) is 3.73. The molecule has 1 heterocycles. The van der Waals surface area contributed by atoms with Crippen LogP contribution < -0.4 is 5.32 Å². The van der Waals surface area contributed by atoms with Crippen molar-refractivity contribution in [1.82, 2.24) is 14.8 Å². The zero-order valence-corrected chi connectivity index (χ0v) is 15.7. The van der Waals surface area contributed by atoms with Crippen LogP contribution in [0.2, 0.25) is 5.02 Å². The Labute approximate surface area is 159 Å². The van der Waals surface area contributed by atoms with Crippen LogP contribution in [0.15, 0.2) is 53.9 Å². The molecule has 0 aliphatic carbocycles. The summed E-state index contributed by atoms with van der Waals surface area (Å²) in [5.41, 5.74) is 2.39. The highest BCUT2D eigenvalue weighted by Gasteiger charge is 2.20. The second-order valence-electron chi connectivity index (χ2n) is 5.64. The van der Waals surface area contributed by atoms with Crippen LogP contribution in [0.4, 0.5) is 10.1 Å². The molecule has 0 spiro atoms. The Bertz CT molecular complexity index is 946. The minimum atomic E-state index is -0.457. The number of nitrogens with zero attached hydrogens (tertiary/aromatic N) is 3. The summed E-state index contributed by atoms with van der Waals surface area (Å²) in [7, 11) is 0. The third kappa shape index (κ3) is 4.05. The van der Waals surface area contributed by atoms with Crippen LogP contribution >= 0.6 is 23.4 Å². The van der Waals surface area contributed by atoms with E-state index in [1.807, 2.05) is 35.8 Å². The predicted octanol–water partition coefficient (Wildman–Crippen LogP) is 4.49. The van der Waals surface area contributed by atoms with Crippen LogP contribution in [0.5, 0.6) is 0 Å². The van der Waals surface area contributed by atoms with Crippen molar-refractivity contribution < 1.29 is 9.18 Å². The summed E-state index contributed by atoms with van der Waals surface area (Å²) in [5, 5.41) is 11.1. The van der Waals surface area contributed by atoms with Gasteiger partial charge < -0.3 is 5.32 Å². The number of anilines is 1. The number of aromatic nitrogens is 3. The molecular weight excluding hydrogens is 375 g/mol. The lowest BCUT2D eigenvalue weighted by Gasteiger charge is -2.14. The SMILES string of the molecule is Cc1ccccc1-n1cnnc1SC(C)C(=O)Nc1ccc(F)cc1Cl. The minimum Gasteiger partial charge on any atom is -0.324 e. The number of hydrogen-bond donors (Lipinski definition) is 1. The van der Waals surface area contributed by atoms with Crippen LogP contribution in [0.1, 0.15) is 12.5 Å². The summed E-state index contributed by atoms with van der Waals surface area (Å²) in [5.74, 6) is -0.718. The Hall–Kier alpha value is -2.38. The van der Waals surface area contributed by atoms with Gasteiger partial charge in [-0.05, 0) is 43.7 Å². The average molecular weight is 391 g/mol. The molecule has 2 aromatic carbocycles. The second-order valence-corrected chi connectivity index (χ2v) is 7.36. The van der Waals surface area contributed by atoms with Gasteiger partial charge in [-0.1, -0.05) is 41.6 Å². The molecule has 3 aromatic rings. The fourth-order valence-corrected chi connectivity index (χ4v) is 3.39. The maximum absolute atomic E-state index is 13.1. The lowest BCUT2D eigenvalue weighted by atomic mass is 10.2. The van der Waals surface area contributed by atoms with Gasteiger partial charge >= 0.3 is 0 Å². The number of amides is 1. The van der Waals surface area contributed by atoms with Gasteiger partial charge in [-0.2, -0.15) is 0 Å². The van der Waals surface area contributed by atoms with Gasteiger partial charge in [-0.25, -0.2) is 4.39 Å². The predicted molar refractivity (Wildman–Crippen MR) is 101 cm³/mol. The van der Waals surface area contributed by atoms with Crippen LogP contribution in [-0.4, -0.2) is 25.9 Å². The summed E-state index contributed by atoms with van der Waals surface area (Å²) in [6, 6.07) is 11.7. The summed E-state index contributed by atoms with van der Waals surface area (Å²) in [4.78, 5) is 12.4. The molecule has 1 N–H and O–H groups in total. The molecule has 8 heteroatoms. The van der Waals surface area contributed by atoms with Crippen molar-refractivity contribution in [3.8, 4) is 5.69 Å². The van der Waals surface area contributed by atoms with Crippen molar-refractivity contribution in [3.05, 3.63) is 65.2 Å². The molecule has 134 valence electrons. The lowest BCUT2D eigenvalue weighted by Crippen LogP contribution is -2.23. The number of carbonyl (C=O) groups is 1. The number of para-hydroxylation sites is 1. The number of carbonyl (C=O) groups excluding carboxylic acids is 1. The van der Waals surface area contributed by atoms with Gasteiger partial charge in [0.2, 0.25) is 5.91 Å². The van der Waals surface area contributed by atoms with E-state index in [0.717, 1.165) is 17.3 Å². The molecule has 26 heavy (non-hydrogen) atoms. The minimum absolute atomic E-state index is 0.152. The first-order chi connectivity index (χ1) is 12.5. The molecule has 0 aliphatic rings. The molecule has 0 fully saturated rings. The Morgan fingerprint density at radius 3 is 2.81 bits per heavy atom. The van der Waals surface area contributed by atoms with E-state index in [1.54, 1.807) is 13.3 Å². The van der Waals surface area contributed by atoms with E-state index < -0.39 is 11.1 Å². The molecule has 1 unspecified atom stereocenters. The first-order valence-corrected chi connectivity index (χ1v) is 9.10. The van der Waals surface area contributed by atoms with Crippen LogP contribution in [0.25, 0.3) is 5.69 Å². The summed E-state index contributed by atoms with van der Waals surface area (Å²) in [6.45, 7) is 3.75. The first-order valence-electron chi connectivity index (χ1n) is 7.84. The Balaban J connectivity index is 1.74. The Kier molecular flexibility index (Phi) is 5.58. The highest BCUT2D eigenvalue weighted by atomic mass is 35.5. The summed E-state index contributed by atoms with van der Waals surface area (Å²) in [6.07, 6.45) is 1.62. The molecule has 3 rings (SSSR count). The van der Waals surface area contributed by atoms with Crippen LogP contribution in [0, 0.1) is 12.7 Å². The van der Waals surface area contributed by atoms with Crippen molar-refractivity contribution in [1.29, 1.82) is 0 Å². The quantitative estimate of drug-likeness (QED) is 0.652. The molecule has 1 aromatic heterocycles. The number of halogens is 2. The number of nitrogens with one attached hydrogen (secondary N) is 1. The molecule has 0 saturated heterocycles. The van der Waals surface area contributed by atoms with Gasteiger partial charge in [0.1, 0.15) is 12.1 Å². The molecule has 5 nitrogen and oxygen atoms in total. The summed E-state index contributed by atoms with van der Waals surface area (Å²) >= 11 is 7.23. The standard InChI is InChI=1S/C18H16ClFN4OS/c1-11-5-3-4-6-16(11)24-10-21-23-18(24)26-12(2)17(25)22-15-8-7-13(20)9-14(15)19/h3-10,12H,1-2H3,(H,22,25). The molecule has 0 radical (unpaired) electrons. The van der Waals surface area contributed by atoms with E-state index in [2.05, 4.69) is 15.5 Å². The number of aryl methyl sites for hydroxylation is 1. The average Bonchev–Trinajstić information content (AvgIpc) is 3.05. The van der Waals surface area contributed by atoms with Crippen molar-refractivity contribution in [3.63, 3.8) is 0 Å². The van der Waals surface area contributed by atoms with Crippen molar-refractivity contribution in [2.24, 2.45) is 0 Å². The molecule has 0 aliphatic heterocycles. The van der Waals surface area contributed by atoms with E-state index in [9.17, 15) is 9.18 Å². The van der Waals surface area contributed by atoms with Gasteiger partial charge in [0.15, 0.2) is 5.16 Å². The summed E-state index contributed by atoms with van der Waals surface area (Å²) < 4.78 is 15.0. The van der Waals surface area contributed by atoms with E-state index >= 15 is 0 Å². The van der Waals surface area contributed by atoms with Crippen LogP contribution in [0.3, 0.4) is 0 Å². The highest BCUT2D eigenvalue weighted by Crippen LogP contribution is 2.27. The van der Waals surface area contributed by atoms with Crippen molar-refractivity contribution in [2.45, 2.75) is 24.3 Å². The number of benzene rings is 2. The van der Waals surface area contributed by atoms with Gasteiger partial charge in [0.05, 0.1) is 21.6 Å². The largest absolute Gasteiger partial charge is 0.324 e. The molecule has 1 atom stereocenters. The maximum atomic E-state index is 13.1. The fraction of sp³-hybridized carbons (Fsp3) is 0.167. The number of rotatable bonds is 5. The fourth-order valence-electron chi connectivity index (χ4n) is 2.34. The smallest absolute Gasteiger partial charge is 0.237 e. The zero-order chi connectivity index (χ0) is 18.7. The monoisotopic (exact) mass is 390 g/mol. The maximum Gasteiger partial charge on any atom is 0.237 e. The van der Waals surface area contributed by atoms with Gasteiger partial charge in [-0.3, -0.25) is 9.36 Å². The van der Waals surface area contributed by atoms with E-state index in [1.165, 1.54) is 23.9 Å². The molecule has 1 amide bonds. The van der Waals surface area contributed by atoms with Gasteiger partial charge in [0, 0.05) is 0 Å². The highest BCUT2D eigenvalue weighted by molar-refractivity contribution is 8.00. The second kappa shape index (κ2) is 7.88. The number of thioether (sulfide) groups is 1. The van der Waals surface area contributed by atoms with Crippen molar-refractivity contribution in [2.75, 3.05) is 5.32 Å². The lowest BCUT2D eigenvalue weighted by molar-refractivity contribution is -0.115. The molecule has 0 bridgehead atoms. The van der Waals surface area contributed by atoms with E-state index in [4.69, 9.17) is 11.6 Å². The Morgan fingerprint density at radius 1 is 1.31 bits per heavy atom. The molecule has 0 saturated carbocycles. The normalized spacial score (nSPS) is 12.0. The van der Waals surface area contributed by atoms with Gasteiger partial charge in [-0.15, -0.1) is 10.2 Å². The van der Waals surface area contributed by atoms with E-state index in [0.29, 0.717) is 10.8 Å². The third-order valence-corrected chi connectivity index (χ3v) is 5.10. The first kappa shape index (κ1) is 18.4. The topological polar surface area (TPSA) is 59.8 Å². The van der Waals surface area contributed by atoms with Crippen LogP contribution in [-0.2, 0) is 4.79 Å². The Morgan fingerprint density at radius 2 is 2.08 bits per heavy atom. The zero-order valence-electron chi connectivity index (χ0n) is 14.1. The van der Waals surface area contributed by atoms with Gasteiger partial charge in [0.25, 0.3) is 0 Å². The van der Waals surface area contributed by atoms with E-state index in [-0.39, 0.29) is 10.9 Å². The number of hydrogen-bond acceptors (Lipinski definition) is 4. The van der Waals surface area contributed by atoms with Crippen molar-refractivity contribution >= 4 is 35.0 Å². The molecular formula is C18H16ClFN4OS.